The van der Waals surface area contributed by atoms with Gasteiger partial charge in [0.2, 0.25) is 0 Å². The van der Waals surface area contributed by atoms with Crippen molar-refractivity contribution in [1.29, 1.82) is 0 Å². The molecule has 2 heterocycles. The van der Waals surface area contributed by atoms with E-state index in [-0.39, 0.29) is 0 Å². The monoisotopic (exact) mass is 713 g/mol. The summed E-state index contributed by atoms with van der Waals surface area (Å²) < 4.78 is 17.3. The maximum absolute atomic E-state index is 14.8. The molecule has 53 heavy (non-hydrogen) atoms. The van der Waals surface area contributed by atoms with Crippen LogP contribution >= 0.6 is 18.5 Å². The lowest BCUT2D eigenvalue weighted by molar-refractivity contribution is 0.592. The number of pyridine rings is 1. The molecule has 0 aliphatic carbocycles. The molecule has 0 unspecified atom stereocenters. The number of hydrogen-bond donors (Lipinski definition) is 0. The zero-order chi connectivity index (χ0) is 35.4. The van der Waals surface area contributed by atoms with Crippen molar-refractivity contribution in [3.63, 3.8) is 0 Å². The molecule has 0 bridgehead atoms. The van der Waals surface area contributed by atoms with Crippen molar-refractivity contribution in [2.75, 3.05) is 0 Å². The van der Waals surface area contributed by atoms with Gasteiger partial charge in [0, 0.05) is 42.3 Å². The lowest BCUT2D eigenvalue weighted by atomic mass is 9.96. The second kappa shape index (κ2) is 12.8. The van der Waals surface area contributed by atoms with Crippen LogP contribution in [0.15, 0.2) is 194 Å². The first-order chi connectivity index (χ1) is 26.1. The highest BCUT2D eigenvalue weighted by atomic mass is 32.1. The molecule has 0 amide bonds. The van der Waals surface area contributed by atoms with Crippen molar-refractivity contribution in [3.8, 4) is 33.5 Å². The normalized spacial score (nSPS) is 11.8. The van der Waals surface area contributed by atoms with Gasteiger partial charge in [0.05, 0.1) is 15.9 Å². The lowest BCUT2D eigenvalue weighted by Crippen LogP contribution is -2.24. The molecule has 0 saturated heterocycles. The Balaban J connectivity index is 1.04. The fraction of sp³-hybridized carbons (Fsp3) is 0. The van der Waals surface area contributed by atoms with E-state index in [1.54, 1.807) is 0 Å². The second-order valence-corrected chi connectivity index (χ2v) is 17.2. The van der Waals surface area contributed by atoms with Crippen LogP contribution in [0.4, 0.5) is 0 Å². The zero-order valence-corrected chi connectivity index (χ0v) is 30.4. The molecule has 0 saturated carbocycles. The van der Waals surface area contributed by atoms with E-state index in [9.17, 15) is 4.57 Å². The number of rotatable bonds is 6. The van der Waals surface area contributed by atoms with Crippen molar-refractivity contribution in [3.05, 3.63) is 194 Å². The van der Waals surface area contributed by atoms with Crippen molar-refractivity contribution in [1.82, 2.24) is 4.98 Å². The number of thiophene rings is 1. The Morgan fingerprint density at radius 3 is 1.66 bits per heavy atom. The average Bonchev–Trinajstić information content (AvgIpc) is 3.63. The summed E-state index contributed by atoms with van der Waals surface area (Å²) in [5, 5.41) is 8.64. The minimum absolute atomic E-state index is 0.828. The molecule has 0 N–H and O–H groups in total. The van der Waals surface area contributed by atoms with Gasteiger partial charge in [-0.15, -0.1) is 11.3 Å². The molecular formula is C49H32NOPS. The molecule has 0 aliphatic rings. The van der Waals surface area contributed by atoms with E-state index in [1.165, 1.54) is 36.3 Å². The highest BCUT2D eigenvalue weighted by molar-refractivity contribution is 7.85. The number of fused-ring (bicyclic) bond motifs is 6. The van der Waals surface area contributed by atoms with Crippen LogP contribution < -0.4 is 15.9 Å². The summed E-state index contributed by atoms with van der Waals surface area (Å²) in [6.45, 7) is 0. The van der Waals surface area contributed by atoms with Crippen molar-refractivity contribution in [2.45, 2.75) is 0 Å². The molecule has 2 aromatic heterocycles. The Bertz CT molecular complexity index is 2960. The van der Waals surface area contributed by atoms with Gasteiger partial charge in [-0.1, -0.05) is 182 Å². The molecule has 250 valence electrons. The Hall–Kier alpha value is -6.12. The smallest absolute Gasteiger partial charge is 0.171 e. The predicted molar refractivity (Wildman–Crippen MR) is 228 cm³/mol. The van der Waals surface area contributed by atoms with Gasteiger partial charge in [-0.3, -0.25) is 0 Å². The van der Waals surface area contributed by atoms with Gasteiger partial charge in [0.1, 0.15) is 0 Å². The van der Waals surface area contributed by atoms with E-state index in [4.69, 9.17) is 4.98 Å². The van der Waals surface area contributed by atoms with Gasteiger partial charge in [-0.05, 0) is 45.2 Å². The quantitative estimate of drug-likeness (QED) is 0.161. The third kappa shape index (κ3) is 5.32. The van der Waals surface area contributed by atoms with Gasteiger partial charge in [-0.2, -0.15) is 0 Å². The standard InChI is InChI=1S/C49H32NOPS/c51-52(38-14-3-1-4-15-38,39-16-5-2-6-17-39)40-29-26-34(27-30-40)33-22-24-35(25-23-33)37-28-31-43-45(32-37)50-48(42-20-11-13-36-12-7-8-18-41(36)42)49-47(43)44-19-9-10-21-46(44)53-49/h1-32H. The molecule has 10 aromatic rings. The molecule has 0 spiro atoms. The van der Waals surface area contributed by atoms with E-state index in [1.807, 2.05) is 84.1 Å². The Morgan fingerprint density at radius 1 is 0.434 bits per heavy atom. The Morgan fingerprint density at radius 2 is 0.962 bits per heavy atom. The molecular weight excluding hydrogens is 682 g/mol. The molecule has 0 aliphatic heterocycles. The van der Waals surface area contributed by atoms with E-state index >= 15 is 0 Å². The van der Waals surface area contributed by atoms with Crippen LogP contribution in [0.3, 0.4) is 0 Å². The van der Waals surface area contributed by atoms with Crippen molar-refractivity contribution >= 4 is 76.2 Å². The van der Waals surface area contributed by atoms with Crippen LogP contribution in [0.1, 0.15) is 0 Å². The maximum atomic E-state index is 14.8. The molecule has 10 rings (SSSR count). The molecule has 8 aromatic carbocycles. The molecule has 0 radical (unpaired) electrons. The van der Waals surface area contributed by atoms with E-state index < -0.39 is 7.14 Å². The summed E-state index contributed by atoms with van der Waals surface area (Å²) >= 11 is 1.83. The summed E-state index contributed by atoms with van der Waals surface area (Å²) in [5.41, 5.74) is 7.63. The van der Waals surface area contributed by atoms with E-state index in [0.717, 1.165) is 54.9 Å². The maximum Gasteiger partial charge on any atom is 0.171 e. The number of nitrogens with zero attached hydrogens (tertiary/aromatic N) is 1. The lowest BCUT2D eigenvalue weighted by Gasteiger charge is -2.20. The highest BCUT2D eigenvalue weighted by Gasteiger charge is 2.29. The number of hydrogen-bond acceptors (Lipinski definition) is 3. The van der Waals surface area contributed by atoms with Crippen LogP contribution in [0.2, 0.25) is 0 Å². The van der Waals surface area contributed by atoms with Crippen molar-refractivity contribution < 1.29 is 4.57 Å². The summed E-state index contributed by atoms with van der Waals surface area (Å²) in [6, 6.07) is 67.1. The molecule has 0 atom stereocenters. The van der Waals surface area contributed by atoms with Gasteiger partial charge in [0.15, 0.2) is 7.14 Å². The fourth-order valence-corrected chi connectivity index (χ4v) is 11.6. The van der Waals surface area contributed by atoms with Gasteiger partial charge < -0.3 is 4.57 Å². The predicted octanol–water partition coefficient (Wildman–Crippen LogP) is 12.4. The number of benzene rings is 8. The average molecular weight is 714 g/mol. The first-order valence-electron chi connectivity index (χ1n) is 17.8. The van der Waals surface area contributed by atoms with Gasteiger partial charge in [-0.25, -0.2) is 4.98 Å². The Labute approximate surface area is 312 Å². The summed E-state index contributed by atoms with van der Waals surface area (Å²) in [7, 11) is -3.02. The number of aromatic nitrogens is 1. The molecule has 4 heteroatoms. The third-order valence-corrected chi connectivity index (χ3v) is 14.6. The third-order valence-electron chi connectivity index (χ3n) is 10.4. The van der Waals surface area contributed by atoms with Crippen LogP contribution in [0.25, 0.3) is 75.4 Å². The summed E-state index contributed by atoms with van der Waals surface area (Å²) in [5.74, 6) is 0. The van der Waals surface area contributed by atoms with Gasteiger partial charge in [0.25, 0.3) is 0 Å². The zero-order valence-electron chi connectivity index (χ0n) is 28.7. The summed E-state index contributed by atoms with van der Waals surface area (Å²) in [6.07, 6.45) is 0. The van der Waals surface area contributed by atoms with E-state index in [0.29, 0.717) is 0 Å². The summed E-state index contributed by atoms with van der Waals surface area (Å²) in [4.78, 5) is 5.43. The minimum atomic E-state index is -3.02. The first-order valence-corrected chi connectivity index (χ1v) is 20.3. The molecule has 2 nitrogen and oxygen atoms in total. The SMILES string of the molecule is O=P(c1ccccc1)(c1ccccc1)c1ccc(-c2ccc(-c3ccc4c(c3)nc(-c3cccc5ccccc35)c3sc5ccccc5c34)cc2)cc1. The minimum Gasteiger partial charge on any atom is -0.309 e. The van der Waals surface area contributed by atoms with Crippen LogP contribution in [0.5, 0.6) is 0 Å². The van der Waals surface area contributed by atoms with Crippen LogP contribution in [0, 0.1) is 0 Å². The van der Waals surface area contributed by atoms with Crippen molar-refractivity contribution in [2.24, 2.45) is 0 Å². The van der Waals surface area contributed by atoms with E-state index in [2.05, 4.69) is 121 Å². The first kappa shape index (κ1) is 31.6. The topological polar surface area (TPSA) is 30.0 Å². The Kier molecular flexibility index (Phi) is 7.65. The second-order valence-electron chi connectivity index (χ2n) is 13.4. The highest BCUT2D eigenvalue weighted by Crippen LogP contribution is 2.45. The van der Waals surface area contributed by atoms with Gasteiger partial charge >= 0.3 is 0 Å². The van der Waals surface area contributed by atoms with Crippen LogP contribution in [-0.2, 0) is 4.57 Å². The largest absolute Gasteiger partial charge is 0.309 e. The van der Waals surface area contributed by atoms with Crippen LogP contribution in [-0.4, -0.2) is 4.98 Å². The fourth-order valence-electron chi connectivity index (χ4n) is 7.72. The molecule has 0 fully saturated rings.